The quantitative estimate of drug-likeness (QED) is 0.866. The molecule has 104 valence electrons. The van der Waals surface area contributed by atoms with Gasteiger partial charge in [-0.25, -0.2) is 0 Å². The molecule has 0 aliphatic carbocycles. The molecular formula is C15H20BrNO2. The van der Waals surface area contributed by atoms with Crippen LogP contribution in [0.5, 0.6) is 0 Å². The number of benzene rings is 1. The first kappa shape index (κ1) is 14.5. The molecule has 3 nitrogen and oxygen atoms in total. The number of aliphatic hydroxyl groups excluding tert-OH is 1. The molecule has 0 amide bonds. The van der Waals surface area contributed by atoms with Crippen LogP contribution < -0.4 is 4.90 Å². The predicted octanol–water partition coefficient (Wildman–Crippen LogP) is 3.39. The first-order valence-corrected chi connectivity index (χ1v) is 7.60. The van der Waals surface area contributed by atoms with E-state index < -0.39 is 0 Å². The molecule has 19 heavy (non-hydrogen) atoms. The van der Waals surface area contributed by atoms with Crippen LogP contribution in [0.1, 0.15) is 43.0 Å². The molecule has 4 heteroatoms. The Balaban J connectivity index is 2.42. The average molecular weight is 326 g/mol. The molecule has 0 aromatic heterocycles. The lowest BCUT2D eigenvalue weighted by Gasteiger charge is -2.32. The summed E-state index contributed by atoms with van der Waals surface area (Å²) < 4.78 is 0.966. The minimum atomic E-state index is 0.0726. The molecule has 1 aliphatic rings. The summed E-state index contributed by atoms with van der Waals surface area (Å²) in [6, 6.07) is 5.87. The van der Waals surface area contributed by atoms with Crippen molar-refractivity contribution >= 4 is 27.4 Å². The van der Waals surface area contributed by atoms with Gasteiger partial charge in [0.25, 0.3) is 0 Å². The fourth-order valence-corrected chi connectivity index (χ4v) is 3.07. The highest BCUT2D eigenvalue weighted by atomic mass is 79.9. The van der Waals surface area contributed by atoms with E-state index in [1.807, 2.05) is 18.2 Å². The highest BCUT2D eigenvalue weighted by molar-refractivity contribution is 9.10. The maximum atomic E-state index is 11.8. The molecule has 0 saturated carbocycles. The van der Waals surface area contributed by atoms with Crippen molar-refractivity contribution in [3.8, 4) is 0 Å². The van der Waals surface area contributed by atoms with Gasteiger partial charge in [0, 0.05) is 22.3 Å². The summed E-state index contributed by atoms with van der Waals surface area (Å²) >= 11 is 3.47. The van der Waals surface area contributed by atoms with E-state index in [1.165, 1.54) is 6.42 Å². The zero-order valence-electron chi connectivity index (χ0n) is 11.2. The Morgan fingerprint density at radius 2 is 2.21 bits per heavy atom. The van der Waals surface area contributed by atoms with Crippen LogP contribution in [0.4, 0.5) is 5.69 Å². The molecule has 1 heterocycles. The number of nitrogens with zero attached hydrogens (tertiary/aromatic N) is 1. The van der Waals surface area contributed by atoms with Gasteiger partial charge in [-0.05, 0) is 38.0 Å². The Bertz CT molecular complexity index is 461. The Morgan fingerprint density at radius 3 is 2.89 bits per heavy atom. The number of anilines is 1. The second-order valence-corrected chi connectivity index (χ2v) is 6.01. The third kappa shape index (κ3) is 3.37. The smallest absolute Gasteiger partial charge is 0.161 e. The van der Waals surface area contributed by atoms with Gasteiger partial charge in [-0.15, -0.1) is 0 Å². The standard InChI is InChI=1S/C15H20BrNO2/c1-11(19)14-7-6-12(16)9-15(14)17-8-4-2-3-5-13(17)10-18/h6-7,9,13,18H,2-5,8,10H2,1H3. The molecule has 2 rings (SSSR count). The monoisotopic (exact) mass is 325 g/mol. The van der Waals surface area contributed by atoms with Crippen LogP contribution in [-0.2, 0) is 0 Å². The van der Waals surface area contributed by atoms with Gasteiger partial charge in [-0.1, -0.05) is 28.8 Å². The van der Waals surface area contributed by atoms with Crippen molar-refractivity contribution in [1.29, 1.82) is 0 Å². The van der Waals surface area contributed by atoms with Gasteiger partial charge < -0.3 is 10.0 Å². The summed E-state index contributed by atoms with van der Waals surface area (Å²) in [4.78, 5) is 14.0. The number of ketones is 1. The number of halogens is 1. The summed E-state index contributed by atoms with van der Waals surface area (Å²) in [7, 11) is 0. The maximum Gasteiger partial charge on any atom is 0.161 e. The van der Waals surface area contributed by atoms with Crippen molar-refractivity contribution in [3.05, 3.63) is 28.2 Å². The van der Waals surface area contributed by atoms with Gasteiger partial charge in [0.15, 0.2) is 5.78 Å². The van der Waals surface area contributed by atoms with Crippen LogP contribution >= 0.6 is 15.9 Å². The first-order valence-electron chi connectivity index (χ1n) is 6.81. The molecule has 0 bridgehead atoms. The largest absolute Gasteiger partial charge is 0.394 e. The van der Waals surface area contributed by atoms with Crippen molar-refractivity contribution in [2.75, 3.05) is 18.1 Å². The normalized spacial score (nSPS) is 20.2. The summed E-state index contributed by atoms with van der Waals surface area (Å²) in [6.07, 6.45) is 4.43. The van der Waals surface area contributed by atoms with Gasteiger partial charge in [0.05, 0.1) is 12.6 Å². The average Bonchev–Trinajstić information content (AvgIpc) is 2.63. The number of aliphatic hydroxyl groups is 1. The minimum absolute atomic E-state index is 0.0726. The molecule has 1 fully saturated rings. The van der Waals surface area contributed by atoms with E-state index in [0.717, 1.165) is 41.5 Å². The zero-order valence-corrected chi connectivity index (χ0v) is 12.8. The molecule has 1 N–H and O–H groups in total. The van der Waals surface area contributed by atoms with Crippen molar-refractivity contribution in [2.45, 2.75) is 38.6 Å². The second kappa shape index (κ2) is 6.53. The number of carbonyl (C=O) groups excluding carboxylic acids is 1. The number of hydrogen-bond acceptors (Lipinski definition) is 3. The summed E-state index contributed by atoms with van der Waals surface area (Å²) in [5.74, 6) is 0.0726. The number of rotatable bonds is 3. The van der Waals surface area contributed by atoms with Crippen LogP contribution in [0.2, 0.25) is 0 Å². The molecule has 1 atom stereocenters. The molecule has 0 spiro atoms. The lowest BCUT2D eigenvalue weighted by Crippen LogP contribution is -2.38. The van der Waals surface area contributed by atoms with E-state index in [2.05, 4.69) is 20.8 Å². The molecule has 1 saturated heterocycles. The zero-order chi connectivity index (χ0) is 13.8. The van der Waals surface area contributed by atoms with E-state index >= 15 is 0 Å². The van der Waals surface area contributed by atoms with E-state index in [0.29, 0.717) is 0 Å². The Kier molecular flexibility index (Phi) is 4.99. The molecule has 1 aliphatic heterocycles. The van der Waals surface area contributed by atoms with Gasteiger partial charge in [0.2, 0.25) is 0 Å². The van der Waals surface area contributed by atoms with Crippen molar-refractivity contribution in [1.82, 2.24) is 0 Å². The van der Waals surface area contributed by atoms with Crippen molar-refractivity contribution < 1.29 is 9.90 Å². The fraction of sp³-hybridized carbons (Fsp3) is 0.533. The van der Waals surface area contributed by atoms with Gasteiger partial charge in [-0.3, -0.25) is 4.79 Å². The summed E-state index contributed by atoms with van der Waals surface area (Å²) in [6.45, 7) is 2.64. The maximum absolute atomic E-state index is 11.8. The highest BCUT2D eigenvalue weighted by Gasteiger charge is 2.23. The molecule has 0 radical (unpaired) electrons. The van der Waals surface area contributed by atoms with E-state index in [-0.39, 0.29) is 18.4 Å². The molecule has 1 aromatic rings. The number of carbonyl (C=O) groups is 1. The molecule has 1 aromatic carbocycles. The van der Waals surface area contributed by atoms with Crippen LogP contribution in [-0.4, -0.2) is 30.1 Å². The summed E-state index contributed by atoms with van der Waals surface area (Å²) in [5.41, 5.74) is 1.69. The van der Waals surface area contributed by atoms with Crippen LogP contribution in [0, 0.1) is 0 Å². The third-order valence-electron chi connectivity index (χ3n) is 3.74. The fourth-order valence-electron chi connectivity index (χ4n) is 2.72. The first-order chi connectivity index (χ1) is 9.13. The van der Waals surface area contributed by atoms with Crippen LogP contribution in [0.25, 0.3) is 0 Å². The lowest BCUT2D eigenvalue weighted by molar-refractivity contribution is 0.101. The topological polar surface area (TPSA) is 40.5 Å². The third-order valence-corrected chi connectivity index (χ3v) is 4.23. The van der Waals surface area contributed by atoms with Crippen LogP contribution in [0.3, 0.4) is 0 Å². The lowest BCUT2D eigenvalue weighted by atomic mass is 10.1. The van der Waals surface area contributed by atoms with Crippen molar-refractivity contribution in [3.63, 3.8) is 0 Å². The Morgan fingerprint density at radius 1 is 1.42 bits per heavy atom. The van der Waals surface area contributed by atoms with Crippen molar-refractivity contribution in [2.24, 2.45) is 0 Å². The Labute approximate surface area is 122 Å². The number of Topliss-reactive ketones (excluding diaryl/α,β-unsaturated/α-hetero) is 1. The van der Waals surface area contributed by atoms with Gasteiger partial charge >= 0.3 is 0 Å². The molecular weight excluding hydrogens is 306 g/mol. The predicted molar refractivity (Wildman–Crippen MR) is 80.8 cm³/mol. The van der Waals surface area contributed by atoms with E-state index in [1.54, 1.807) is 6.92 Å². The highest BCUT2D eigenvalue weighted by Crippen LogP contribution is 2.30. The van der Waals surface area contributed by atoms with E-state index in [4.69, 9.17) is 0 Å². The number of hydrogen-bond donors (Lipinski definition) is 1. The van der Waals surface area contributed by atoms with Gasteiger partial charge in [-0.2, -0.15) is 0 Å². The summed E-state index contributed by atoms with van der Waals surface area (Å²) in [5, 5.41) is 9.61. The molecule has 1 unspecified atom stereocenters. The van der Waals surface area contributed by atoms with Crippen LogP contribution in [0.15, 0.2) is 22.7 Å². The minimum Gasteiger partial charge on any atom is -0.394 e. The van der Waals surface area contributed by atoms with Gasteiger partial charge in [0.1, 0.15) is 0 Å². The SMILES string of the molecule is CC(=O)c1ccc(Br)cc1N1CCCCCC1CO. The Hall–Kier alpha value is -0.870. The second-order valence-electron chi connectivity index (χ2n) is 5.10. The van der Waals surface area contributed by atoms with E-state index in [9.17, 15) is 9.90 Å².